The Balaban J connectivity index is 2.82. The molecule has 1 aliphatic rings. The first-order valence-corrected chi connectivity index (χ1v) is 6.16. The fraction of sp³-hybridized carbons (Fsp3) is 0.875. The van der Waals surface area contributed by atoms with Crippen LogP contribution in [0, 0.1) is 11.8 Å². The van der Waals surface area contributed by atoms with E-state index >= 15 is 0 Å². The molecule has 1 rings (SSSR count). The van der Waals surface area contributed by atoms with Crippen molar-refractivity contribution in [2.75, 3.05) is 20.2 Å². The van der Waals surface area contributed by atoms with Crippen LogP contribution in [0.25, 0.3) is 0 Å². The Morgan fingerprint density at radius 2 is 2.00 bits per heavy atom. The van der Waals surface area contributed by atoms with Crippen molar-refractivity contribution in [2.45, 2.75) is 12.7 Å². The summed E-state index contributed by atoms with van der Waals surface area (Å²) in [6, 6.07) is 0. The first-order chi connectivity index (χ1) is 7.30. The minimum Gasteiger partial charge on any atom is -0.469 e. The summed E-state index contributed by atoms with van der Waals surface area (Å²) in [6.45, 7) is 1.32. The SMILES string of the molecule is COC(=O)C1CN(S(=O)(=O)C(F)F)CC1C. The van der Waals surface area contributed by atoms with Gasteiger partial charge in [0.05, 0.1) is 13.0 Å². The number of hydrogen-bond donors (Lipinski definition) is 0. The second-order valence-corrected chi connectivity index (χ2v) is 5.63. The second-order valence-electron chi connectivity index (χ2n) is 3.73. The number of rotatable bonds is 3. The van der Waals surface area contributed by atoms with Gasteiger partial charge < -0.3 is 4.74 Å². The van der Waals surface area contributed by atoms with Gasteiger partial charge in [-0.25, -0.2) is 8.42 Å². The average molecular weight is 257 g/mol. The van der Waals surface area contributed by atoms with Crippen LogP contribution in [-0.4, -0.2) is 44.6 Å². The third-order valence-corrected chi connectivity index (χ3v) is 4.14. The lowest BCUT2D eigenvalue weighted by Gasteiger charge is -2.14. The molecule has 0 spiro atoms. The quantitative estimate of drug-likeness (QED) is 0.681. The molecule has 0 aromatic carbocycles. The summed E-state index contributed by atoms with van der Waals surface area (Å²) < 4.78 is 51.9. The molecule has 0 amide bonds. The van der Waals surface area contributed by atoms with E-state index in [4.69, 9.17) is 0 Å². The van der Waals surface area contributed by atoms with E-state index in [1.54, 1.807) is 6.92 Å². The zero-order chi connectivity index (χ0) is 12.5. The number of carbonyl (C=O) groups excluding carboxylic acids is 1. The number of sulfonamides is 1. The first-order valence-electron chi connectivity index (χ1n) is 4.65. The Kier molecular flexibility index (Phi) is 3.84. The molecular formula is C8H13F2NO4S. The van der Waals surface area contributed by atoms with Crippen molar-refractivity contribution in [3.05, 3.63) is 0 Å². The highest BCUT2D eigenvalue weighted by atomic mass is 32.2. The lowest BCUT2D eigenvalue weighted by molar-refractivity contribution is -0.145. The highest BCUT2D eigenvalue weighted by molar-refractivity contribution is 7.89. The second kappa shape index (κ2) is 4.62. The molecule has 0 aliphatic carbocycles. The summed E-state index contributed by atoms with van der Waals surface area (Å²) in [4.78, 5) is 11.2. The summed E-state index contributed by atoms with van der Waals surface area (Å²) in [5.41, 5.74) is 0. The van der Waals surface area contributed by atoms with Gasteiger partial charge in [0.15, 0.2) is 0 Å². The number of esters is 1. The van der Waals surface area contributed by atoms with Gasteiger partial charge in [0.1, 0.15) is 0 Å². The third kappa shape index (κ3) is 2.32. The largest absolute Gasteiger partial charge is 0.469 e. The Morgan fingerprint density at radius 3 is 2.44 bits per heavy atom. The molecule has 94 valence electrons. The van der Waals surface area contributed by atoms with Gasteiger partial charge in [-0.05, 0) is 5.92 Å². The van der Waals surface area contributed by atoms with E-state index in [1.165, 1.54) is 7.11 Å². The Hall–Kier alpha value is -0.760. The fourth-order valence-corrected chi connectivity index (χ4v) is 2.74. The van der Waals surface area contributed by atoms with Gasteiger partial charge in [0, 0.05) is 13.1 Å². The van der Waals surface area contributed by atoms with E-state index in [1.807, 2.05) is 0 Å². The Labute approximate surface area is 92.4 Å². The molecule has 0 N–H and O–H groups in total. The fourth-order valence-electron chi connectivity index (χ4n) is 1.70. The average Bonchev–Trinajstić information content (AvgIpc) is 2.59. The molecule has 8 heteroatoms. The molecule has 0 radical (unpaired) electrons. The first kappa shape index (κ1) is 13.3. The van der Waals surface area contributed by atoms with E-state index < -0.39 is 27.7 Å². The van der Waals surface area contributed by atoms with Crippen LogP contribution in [0.4, 0.5) is 8.78 Å². The van der Waals surface area contributed by atoms with E-state index in [2.05, 4.69) is 4.74 Å². The Bertz CT molecular complexity index is 370. The van der Waals surface area contributed by atoms with Crippen molar-refractivity contribution in [2.24, 2.45) is 11.8 Å². The predicted molar refractivity (Wildman–Crippen MR) is 51.2 cm³/mol. The molecule has 0 bridgehead atoms. The highest BCUT2D eigenvalue weighted by Crippen LogP contribution is 2.28. The number of ether oxygens (including phenoxy) is 1. The molecule has 0 aromatic heterocycles. The van der Waals surface area contributed by atoms with Crippen molar-refractivity contribution >= 4 is 16.0 Å². The maximum Gasteiger partial charge on any atom is 0.350 e. The van der Waals surface area contributed by atoms with Crippen LogP contribution in [0.5, 0.6) is 0 Å². The molecule has 0 saturated carbocycles. The van der Waals surface area contributed by atoms with Crippen LogP contribution in [0.3, 0.4) is 0 Å². The van der Waals surface area contributed by atoms with E-state index in [0.717, 1.165) is 0 Å². The smallest absolute Gasteiger partial charge is 0.350 e. The molecule has 2 unspecified atom stereocenters. The molecular weight excluding hydrogens is 244 g/mol. The van der Waals surface area contributed by atoms with Crippen LogP contribution in [-0.2, 0) is 19.6 Å². The molecule has 1 heterocycles. The monoisotopic (exact) mass is 257 g/mol. The normalized spacial score (nSPS) is 27.3. The summed E-state index contributed by atoms with van der Waals surface area (Å²) in [7, 11) is -3.41. The van der Waals surface area contributed by atoms with Gasteiger partial charge >= 0.3 is 11.7 Å². The Morgan fingerprint density at radius 1 is 1.44 bits per heavy atom. The summed E-state index contributed by atoms with van der Waals surface area (Å²) in [6.07, 6.45) is 0. The van der Waals surface area contributed by atoms with Crippen molar-refractivity contribution in [1.29, 1.82) is 0 Å². The zero-order valence-electron chi connectivity index (χ0n) is 8.89. The van der Waals surface area contributed by atoms with Gasteiger partial charge in [-0.3, -0.25) is 4.79 Å². The number of hydrogen-bond acceptors (Lipinski definition) is 4. The number of nitrogens with zero attached hydrogens (tertiary/aromatic N) is 1. The minimum atomic E-state index is -4.59. The minimum absolute atomic E-state index is 0.0769. The van der Waals surface area contributed by atoms with Gasteiger partial charge in [-0.15, -0.1) is 0 Å². The molecule has 16 heavy (non-hydrogen) atoms. The highest BCUT2D eigenvalue weighted by Gasteiger charge is 2.43. The number of alkyl halides is 2. The molecule has 1 aliphatic heterocycles. The van der Waals surface area contributed by atoms with Crippen molar-refractivity contribution in [3.8, 4) is 0 Å². The molecule has 1 saturated heterocycles. The van der Waals surface area contributed by atoms with Gasteiger partial charge in [-0.1, -0.05) is 6.92 Å². The van der Waals surface area contributed by atoms with E-state index in [9.17, 15) is 22.0 Å². The van der Waals surface area contributed by atoms with E-state index in [-0.39, 0.29) is 19.0 Å². The molecule has 5 nitrogen and oxygen atoms in total. The lowest BCUT2D eigenvalue weighted by atomic mass is 9.99. The van der Waals surface area contributed by atoms with Crippen LogP contribution in [0.1, 0.15) is 6.92 Å². The van der Waals surface area contributed by atoms with Gasteiger partial charge in [0.25, 0.3) is 10.0 Å². The van der Waals surface area contributed by atoms with Crippen LogP contribution < -0.4 is 0 Å². The summed E-state index contributed by atoms with van der Waals surface area (Å²) in [5, 5.41) is 0. The van der Waals surface area contributed by atoms with Gasteiger partial charge in [0.2, 0.25) is 0 Å². The van der Waals surface area contributed by atoms with Crippen molar-refractivity contribution < 1.29 is 26.7 Å². The van der Waals surface area contributed by atoms with E-state index in [0.29, 0.717) is 4.31 Å². The van der Waals surface area contributed by atoms with Gasteiger partial charge in [-0.2, -0.15) is 13.1 Å². The number of carbonyl (C=O) groups is 1. The molecule has 1 fully saturated rings. The standard InChI is InChI=1S/C8H13F2NO4S/c1-5-3-11(16(13,14)8(9)10)4-6(5)7(12)15-2/h5-6,8H,3-4H2,1-2H3. The number of methoxy groups -OCH3 is 1. The predicted octanol–water partition coefficient (Wildman–Crippen LogP) is 0.280. The topological polar surface area (TPSA) is 63.7 Å². The molecule has 0 aromatic rings. The third-order valence-electron chi connectivity index (χ3n) is 2.67. The van der Waals surface area contributed by atoms with Crippen LogP contribution in [0.15, 0.2) is 0 Å². The summed E-state index contributed by atoms with van der Waals surface area (Å²) >= 11 is 0. The summed E-state index contributed by atoms with van der Waals surface area (Å²) in [5.74, 6) is -5.00. The number of halogens is 2. The van der Waals surface area contributed by atoms with Crippen molar-refractivity contribution in [3.63, 3.8) is 0 Å². The maximum absolute atomic E-state index is 12.3. The van der Waals surface area contributed by atoms with Crippen LogP contribution >= 0.6 is 0 Å². The van der Waals surface area contributed by atoms with Crippen LogP contribution in [0.2, 0.25) is 0 Å². The lowest BCUT2D eigenvalue weighted by Crippen LogP contribution is -2.34. The molecule has 2 atom stereocenters. The van der Waals surface area contributed by atoms with Crippen molar-refractivity contribution in [1.82, 2.24) is 4.31 Å². The maximum atomic E-state index is 12.3. The zero-order valence-corrected chi connectivity index (χ0v) is 9.71.